The fourth-order valence-electron chi connectivity index (χ4n) is 2.28. The van der Waals surface area contributed by atoms with Gasteiger partial charge in [0.15, 0.2) is 0 Å². The first-order valence-electron chi connectivity index (χ1n) is 6.12. The molecule has 6 nitrogen and oxygen atoms in total. The van der Waals surface area contributed by atoms with Crippen molar-refractivity contribution in [2.24, 2.45) is 0 Å². The molecule has 0 amide bonds. The Morgan fingerprint density at radius 2 is 2.22 bits per heavy atom. The number of fused-ring (bicyclic) bond motifs is 1. The predicted molar refractivity (Wildman–Crippen MR) is 68.7 cm³/mol. The van der Waals surface area contributed by atoms with Gasteiger partial charge in [-0.3, -0.25) is 4.90 Å². The Bertz CT molecular complexity index is 479. The van der Waals surface area contributed by atoms with E-state index in [1.54, 1.807) is 14.0 Å². The molecule has 2 heterocycles. The van der Waals surface area contributed by atoms with E-state index in [9.17, 15) is 4.79 Å². The molecule has 1 N–H and O–H groups in total. The number of aromatic nitrogens is 2. The van der Waals surface area contributed by atoms with Crippen LogP contribution in [0.1, 0.15) is 32.0 Å². The van der Waals surface area contributed by atoms with Gasteiger partial charge in [0.05, 0.1) is 17.8 Å². The van der Waals surface area contributed by atoms with Crippen LogP contribution in [0.5, 0.6) is 0 Å². The predicted octanol–water partition coefficient (Wildman–Crippen LogP) is 1.61. The molecule has 0 atom stereocenters. The molecule has 2 rings (SSSR count). The monoisotopic (exact) mass is 252 g/mol. The van der Waals surface area contributed by atoms with E-state index in [1.807, 2.05) is 0 Å². The van der Waals surface area contributed by atoms with Crippen LogP contribution in [0.25, 0.3) is 0 Å². The van der Waals surface area contributed by atoms with Crippen LogP contribution in [-0.2, 0) is 16.8 Å². The molecule has 0 unspecified atom stereocenters. The number of carbonyl (C=O) groups is 1. The molecule has 100 valence electrons. The largest absolute Gasteiger partial charge is 0.448 e. The van der Waals surface area contributed by atoms with Crippen LogP contribution >= 0.6 is 0 Å². The van der Waals surface area contributed by atoms with Crippen LogP contribution in [0.15, 0.2) is 0 Å². The Kier molecular flexibility index (Phi) is 3.06. The molecular formula is C12H20N4O2. The summed E-state index contributed by atoms with van der Waals surface area (Å²) in [4.78, 5) is 14.1. The van der Waals surface area contributed by atoms with Crippen molar-refractivity contribution in [1.82, 2.24) is 14.7 Å². The van der Waals surface area contributed by atoms with Crippen LogP contribution in [-0.4, -0.2) is 41.5 Å². The van der Waals surface area contributed by atoms with Crippen molar-refractivity contribution in [1.29, 1.82) is 0 Å². The second-order valence-electron chi connectivity index (χ2n) is 4.95. The van der Waals surface area contributed by atoms with Crippen LogP contribution in [0.4, 0.5) is 10.6 Å². The van der Waals surface area contributed by atoms with Gasteiger partial charge in [0.1, 0.15) is 5.82 Å². The third kappa shape index (κ3) is 1.68. The first kappa shape index (κ1) is 12.9. The van der Waals surface area contributed by atoms with Crippen LogP contribution < -0.4 is 5.32 Å². The van der Waals surface area contributed by atoms with Crippen molar-refractivity contribution >= 4 is 11.9 Å². The molecule has 0 saturated carbocycles. The van der Waals surface area contributed by atoms with Crippen molar-refractivity contribution in [2.75, 3.05) is 26.0 Å². The zero-order chi connectivity index (χ0) is 13.5. The van der Waals surface area contributed by atoms with Gasteiger partial charge in [0.25, 0.3) is 0 Å². The summed E-state index contributed by atoms with van der Waals surface area (Å²) < 4.78 is 6.33. The fourth-order valence-corrected chi connectivity index (χ4v) is 2.28. The lowest BCUT2D eigenvalue weighted by Gasteiger charge is -2.27. The summed E-state index contributed by atoms with van der Waals surface area (Å²) in [5, 5.41) is 7.47. The van der Waals surface area contributed by atoms with E-state index in [0.29, 0.717) is 6.61 Å². The van der Waals surface area contributed by atoms with Crippen molar-refractivity contribution < 1.29 is 9.53 Å². The van der Waals surface area contributed by atoms with Crippen molar-refractivity contribution in [3.63, 3.8) is 0 Å². The van der Waals surface area contributed by atoms with Crippen molar-refractivity contribution in [3.05, 3.63) is 11.3 Å². The normalized spacial score (nSPS) is 17.6. The average molecular weight is 252 g/mol. The lowest BCUT2D eigenvalue weighted by Crippen LogP contribution is -2.33. The van der Waals surface area contributed by atoms with E-state index >= 15 is 0 Å². The highest BCUT2D eigenvalue weighted by Crippen LogP contribution is 2.40. The molecule has 1 aromatic heterocycles. The molecule has 0 spiro atoms. The number of ether oxygens (including phenoxy) is 1. The highest BCUT2D eigenvalue weighted by atomic mass is 16.6. The Labute approximate surface area is 107 Å². The second kappa shape index (κ2) is 4.28. The molecule has 0 saturated heterocycles. The third-order valence-electron chi connectivity index (χ3n) is 3.59. The summed E-state index contributed by atoms with van der Waals surface area (Å²) >= 11 is 0. The summed E-state index contributed by atoms with van der Waals surface area (Å²) in [6.45, 7) is 7.10. The molecule has 1 aromatic rings. The van der Waals surface area contributed by atoms with Gasteiger partial charge in [-0.05, 0) is 27.8 Å². The quantitative estimate of drug-likeness (QED) is 0.866. The number of nitrogens with zero attached hydrogens (tertiary/aromatic N) is 3. The highest BCUT2D eigenvalue weighted by molar-refractivity contribution is 5.76. The Morgan fingerprint density at radius 3 is 2.78 bits per heavy atom. The number of nitrogens with one attached hydrogen (secondary N) is 1. The van der Waals surface area contributed by atoms with E-state index in [-0.39, 0.29) is 5.54 Å². The van der Waals surface area contributed by atoms with Crippen molar-refractivity contribution in [2.45, 2.75) is 32.9 Å². The minimum absolute atomic E-state index is 0.168. The van der Waals surface area contributed by atoms with Crippen LogP contribution in [0.2, 0.25) is 0 Å². The van der Waals surface area contributed by atoms with E-state index in [4.69, 9.17) is 4.74 Å². The van der Waals surface area contributed by atoms with Gasteiger partial charge in [0, 0.05) is 19.2 Å². The molecule has 0 fully saturated rings. The Morgan fingerprint density at radius 1 is 1.56 bits per heavy atom. The summed E-state index contributed by atoms with van der Waals surface area (Å²) in [7, 11) is 3.84. The molecule has 0 radical (unpaired) electrons. The summed E-state index contributed by atoms with van der Waals surface area (Å²) in [5.41, 5.74) is 1.83. The van der Waals surface area contributed by atoms with E-state index in [2.05, 4.69) is 36.2 Å². The minimum Gasteiger partial charge on any atom is -0.448 e. The topological polar surface area (TPSA) is 59.4 Å². The molecule has 1 aliphatic heterocycles. The van der Waals surface area contributed by atoms with Gasteiger partial charge in [0.2, 0.25) is 0 Å². The SMILES string of the molecule is CCOC(=O)n1nc2c(c1NC)CN(C)C2(C)C. The maximum Gasteiger partial charge on any atom is 0.436 e. The van der Waals surface area contributed by atoms with Gasteiger partial charge in [-0.1, -0.05) is 0 Å². The Hall–Kier alpha value is -1.56. The summed E-state index contributed by atoms with van der Waals surface area (Å²) in [6, 6.07) is 0. The summed E-state index contributed by atoms with van der Waals surface area (Å²) in [5.74, 6) is 0.723. The smallest absolute Gasteiger partial charge is 0.436 e. The van der Waals surface area contributed by atoms with Crippen molar-refractivity contribution in [3.8, 4) is 0 Å². The maximum atomic E-state index is 11.8. The van der Waals surface area contributed by atoms with Crippen LogP contribution in [0, 0.1) is 0 Å². The van der Waals surface area contributed by atoms with Gasteiger partial charge in [-0.2, -0.15) is 5.10 Å². The Balaban J connectivity index is 2.49. The lowest BCUT2D eigenvalue weighted by molar-refractivity contribution is 0.147. The van der Waals surface area contributed by atoms with E-state index in [0.717, 1.165) is 23.6 Å². The van der Waals surface area contributed by atoms with E-state index in [1.165, 1.54) is 4.68 Å². The first-order valence-corrected chi connectivity index (χ1v) is 6.12. The zero-order valence-electron chi connectivity index (χ0n) is 11.6. The van der Waals surface area contributed by atoms with Gasteiger partial charge in [-0.25, -0.2) is 4.79 Å². The van der Waals surface area contributed by atoms with Gasteiger partial charge >= 0.3 is 6.09 Å². The second-order valence-corrected chi connectivity index (χ2v) is 4.95. The minimum atomic E-state index is -0.435. The number of hydrogen-bond donors (Lipinski definition) is 1. The molecule has 0 bridgehead atoms. The molecule has 1 aliphatic rings. The number of carbonyl (C=O) groups excluding carboxylic acids is 1. The highest BCUT2D eigenvalue weighted by Gasteiger charge is 2.41. The molecule has 0 aliphatic carbocycles. The number of rotatable bonds is 2. The summed E-state index contributed by atoms with van der Waals surface area (Å²) in [6.07, 6.45) is -0.435. The van der Waals surface area contributed by atoms with Gasteiger partial charge in [-0.15, -0.1) is 4.68 Å². The number of anilines is 1. The standard InChI is InChI=1S/C12H20N4O2/c1-6-18-11(17)16-10(13-4)8-7-15(5)12(2,3)9(8)14-16/h13H,6-7H2,1-5H3. The first-order chi connectivity index (χ1) is 8.43. The van der Waals surface area contributed by atoms with Crippen LogP contribution in [0.3, 0.4) is 0 Å². The zero-order valence-corrected chi connectivity index (χ0v) is 11.6. The maximum absolute atomic E-state index is 11.8. The number of hydrogen-bond acceptors (Lipinski definition) is 5. The van der Waals surface area contributed by atoms with Gasteiger partial charge < -0.3 is 10.1 Å². The lowest BCUT2D eigenvalue weighted by atomic mass is 10.0. The fraction of sp³-hybridized carbons (Fsp3) is 0.667. The molecule has 18 heavy (non-hydrogen) atoms. The molecule has 0 aromatic carbocycles. The average Bonchev–Trinajstić information content (AvgIpc) is 2.77. The molecule has 6 heteroatoms. The van der Waals surface area contributed by atoms with E-state index < -0.39 is 6.09 Å². The third-order valence-corrected chi connectivity index (χ3v) is 3.59. The molecular weight excluding hydrogens is 232 g/mol.